The number of nitrogens with one attached hydrogen (secondary N) is 3. The van der Waals surface area contributed by atoms with E-state index < -0.39 is 35.3 Å². The fraction of sp³-hybridized carbons (Fsp3) is 0.375. The highest BCUT2D eigenvalue weighted by atomic mass is 19.4. The standard InChI is InChI=1S/C24H25F3N4O5/c1-3-35-16-8-14(10-28-11-16)18-5-6-19(21(32)30-18)31-22(33)29-15-4-7-20(17(9-15)24(25,26)27)36-23(2)12-34-13-23/h4-10,19H,3,11-13H2,1-2H3,(H,30,32)(H2,29,31,33). The summed E-state index contributed by atoms with van der Waals surface area (Å²) in [4.78, 5) is 29.2. The SMILES string of the molecule is CCOC1=CC(=C2C=CC(NC(=O)Nc3ccc(OC4(C)COC4)c(C(F)(F)F)c3)C(=O)N2)C=NC1. The van der Waals surface area contributed by atoms with Gasteiger partial charge in [-0.15, -0.1) is 0 Å². The van der Waals surface area contributed by atoms with Gasteiger partial charge < -0.3 is 30.2 Å². The largest absolute Gasteiger partial charge is 0.496 e. The van der Waals surface area contributed by atoms with Gasteiger partial charge in [-0.05, 0) is 44.2 Å². The van der Waals surface area contributed by atoms with Gasteiger partial charge in [0.25, 0.3) is 5.91 Å². The van der Waals surface area contributed by atoms with Crippen molar-refractivity contribution < 1.29 is 37.0 Å². The summed E-state index contributed by atoms with van der Waals surface area (Å²) in [5.74, 6) is -0.215. The molecule has 0 saturated carbocycles. The molecule has 3 N–H and O–H groups in total. The molecule has 3 heterocycles. The summed E-state index contributed by atoms with van der Waals surface area (Å²) in [6, 6.07) is 1.32. The molecule has 1 aromatic carbocycles. The topological polar surface area (TPSA) is 110 Å². The molecule has 1 atom stereocenters. The van der Waals surface area contributed by atoms with Crippen molar-refractivity contribution in [3.8, 4) is 5.75 Å². The zero-order valence-electron chi connectivity index (χ0n) is 19.6. The minimum atomic E-state index is -4.71. The smallest absolute Gasteiger partial charge is 0.420 e. The van der Waals surface area contributed by atoms with Crippen LogP contribution in [0.5, 0.6) is 5.75 Å². The molecule has 36 heavy (non-hydrogen) atoms. The Morgan fingerprint density at radius 1 is 1.33 bits per heavy atom. The molecule has 3 aliphatic rings. The first-order valence-corrected chi connectivity index (χ1v) is 11.2. The highest BCUT2D eigenvalue weighted by Gasteiger charge is 2.40. The molecular formula is C24H25F3N4O5. The predicted molar refractivity (Wildman–Crippen MR) is 125 cm³/mol. The molecule has 1 aromatic rings. The van der Waals surface area contributed by atoms with Crippen LogP contribution in [-0.4, -0.2) is 56.2 Å². The molecule has 9 nitrogen and oxygen atoms in total. The summed E-state index contributed by atoms with van der Waals surface area (Å²) in [6.07, 6.45) is 1.74. The van der Waals surface area contributed by atoms with E-state index in [-0.39, 0.29) is 24.7 Å². The van der Waals surface area contributed by atoms with E-state index in [1.54, 1.807) is 25.3 Å². The van der Waals surface area contributed by atoms with E-state index in [0.29, 0.717) is 30.2 Å². The molecule has 1 fully saturated rings. The van der Waals surface area contributed by atoms with Gasteiger partial charge in [0.15, 0.2) is 5.60 Å². The zero-order valence-corrected chi connectivity index (χ0v) is 19.6. The van der Waals surface area contributed by atoms with Gasteiger partial charge in [-0.25, -0.2) is 4.79 Å². The van der Waals surface area contributed by atoms with E-state index in [0.717, 1.165) is 12.1 Å². The van der Waals surface area contributed by atoms with Crippen molar-refractivity contribution in [2.24, 2.45) is 4.99 Å². The number of anilines is 1. The Labute approximate surface area is 205 Å². The molecule has 0 spiro atoms. The Bertz CT molecular complexity index is 1170. The lowest BCUT2D eigenvalue weighted by Crippen LogP contribution is -2.51. The summed E-state index contributed by atoms with van der Waals surface area (Å²) in [6.45, 7) is 4.76. The molecule has 192 valence electrons. The lowest BCUT2D eigenvalue weighted by atomic mass is 10.0. The number of nitrogens with zero attached hydrogens (tertiary/aromatic N) is 1. The number of rotatable bonds is 6. The van der Waals surface area contributed by atoms with Gasteiger partial charge in [-0.3, -0.25) is 9.79 Å². The minimum Gasteiger partial charge on any atom is -0.496 e. The molecule has 12 heteroatoms. The van der Waals surface area contributed by atoms with Crippen molar-refractivity contribution in [2.45, 2.75) is 31.7 Å². The Morgan fingerprint density at radius 3 is 2.75 bits per heavy atom. The average Bonchev–Trinajstić information content (AvgIpc) is 2.80. The maximum absolute atomic E-state index is 13.6. The fourth-order valence-electron chi connectivity index (χ4n) is 3.66. The number of hydrogen-bond acceptors (Lipinski definition) is 6. The third kappa shape index (κ3) is 5.88. The molecule has 0 bridgehead atoms. The summed E-state index contributed by atoms with van der Waals surface area (Å²) in [5.41, 5.74) is -0.868. The van der Waals surface area contributed by atoms with Crippen molar-refractivity contribution in [2.75, 3.05) is 31.7 Å². The van der Waals surface area contributed by atoms with Crippen LogP contribution in [0.3, 0.4) is 0 Å². The number of allylic oxidation sites excluding steroid dienone is 3. The number of ether oxygens (including phenoxy) is 3. The molecular weight excluding hydrogens is 481 g/mol. The number of alkyl halides is 3. The van der Waals surface area contributed by atoms with Crippen LogP contribution in [0.1, 0.15) is 19.4 Å². The Morgan fingerprint density at radius 2 is 2.11 bits per heavy atom. The van der Waals surface area contributed by atoms with Crippen LogP contribution >= 0.6 is 0 Å². The van der Waals surface area contributed by atoms with Crippen molar-refractivity contribution >= 4 is 23.8 Å². The van der Waals surface area contributed by atoms with Gasteiger partial charge in [0.2, 0.25) is 0 Å². The van der Waals surface area contributed by atoms with Crippen molar-refractivity contribution in [1.29, 1.82) is 0 Å². The molecule has 1 unspecified atom stereocenters. The summed E-state index contributed by atoms with van der Waals surface area (Å²) in [7, 11) is 0. The first-order valence-electron chi connectivity index (χ1n) is 11.2. The number of carbonyl (C=O) groups excluding carboxylic acids is 2. The summed E-state index contributed by atoms with van der Waals surface area (Å²) < 4.78 is 56.8. The number of benzene rings is 1. The Hall–Kier alpha value is -3.80. The van der Waals surface area contributed by atoms with E-state index in [9.17, 15) is 22.8 Å². The minimum absolute atomic E-state index is 0.114. The third-order valence-electron chi connectivity index (χ3n) is 5.43. The molecule has 0 radical (unpaired) electrons. The first kappa shape index (κ1) is 25.3. The molecule has 3 amide bonds. The molecule has 0 aliphatic carbocycles. The quantitative estimate of drug-likeness (QED) is 0.549. The fourth-order valence-corrected chi connectivity index (χ4v) is 3.66. The number of carbonyl (C=O) groups is 2. The molecule has 0 aromatic heterocycles. The molecule has 1 saturated heterocycles. The number of aliphatic imine (C=N–C) groups is 1. The van der Waals surface area contributed by atoms with Crippen molar-refractivity contribution in [1.82, 2.24) is 10.6 Å². The molecule has 4 rings (SSSR count). The monoisotopic (exact) mass is 506 g/mol. The number of hydrogen-bond donors (Lipinski definition) is 3. The van der Waals surface area contributed by atoms with Gasteiger partial charge in [-0.1, -0.05) is 6.08 Å². The number of dihydropyridines is 1. The van der Waals surface area contributed by atoms with Crippen molar-refractivity contribution in [3.63, 3.8) is 0 Å². The van der Waals surface area contributed by atoms with E-state index in [2.05, 4.69) is 20.9 Å². The maximum atomic E-state index is 13.6. The third-order valence-corrected chi connectivity index (χ3v) is 5.43. The Balaban J connectivity index is 1.43. The van der Waals surface area contributed by atoms with Gasteiger partial charge >= 0.3 is 12.2 Å². The van der Waals surface area contributed by atoms with E-state index in [1.807, 2.05) is 6.92 Å². The van der Waals surface area contributed by atoms with Gasteiger partial charge in [0.05, 0.1) is 31.9 Å². The average molecular weight is 506 g/mol. The maximum Gasteiger partial charge on any atom is 0.420 e. The van der Waals surface area contributed by atoms with Crippen LogP contribution < -0.4 is 20.7 Å². The molecule has 3 aliphatic heterocycles. The van der Waals surface area contributed by atoms with Crippen LogP contribution in [0.25, 0.3) is 0 Å². The normalized spacial score (nSPS) is 22.8. The highest BCUT2D eigenvalue weighted by Crippen LogP contribution is 2.40. The number of amides is 3. The second-order valence-electron chi connectivity index (χ2n) is 8.56. The van der Waals surface area contributed by atoms with Gasteiger partial charge in [-0.2, -0.15) is 13.2 Å². The van der Waals surface area contributed by atoms with Crippen LogP contribution in [0.2, 0.25) is 0 Å². The van der Waals surface area contributed by atoms with Crippen LogP contribution in [-0.2, 0) is 20.4 Å². The predicted octanol–water partition coefficient (Wildman–Crippen LogP) is 3.31. The second kappa shape index (κ2) is 10.1. The van der Waals surface area contributed by atoms with E-state index in [4.69, 9.17) is 14.2 Å². The van der Waals surface area contributed by atoms with Gasteiger partial charge in [0, 0.05) is 23.2 Å². The summed E-state index contributed by atoms with van der Waals surface area (Å²) in [5, 5.41) is 7.44. The number of urea groups is 1. The van der Waals surface area contributed by atoms with Gasteiger partial charge in [0.1, 0.15) is 17.6 Å². The number of halogens is 3. The van der Waals surface area contributed by atoms with Crippen molar-refractivity contribution in [3.05, 3.63) is 59.0 Å². The Kier molecular flexibility index (Phi) is 7.07. The summed E-state index contributed by atoms with van der Waals surface area (Å²) >= 11 is 0. The lowest BCUT2D eigenvalue weighted by Gasteiger charge is -2.38. The second-order valence-corrected chi connectivity index (χ2v) is 8.56. The first-order chi connectivity index (χ1) is 17.1. The lowest BCUT2D eigenvalue weighted by molar-refractivity contribution is -0.160. The van der Waals surface area contributed by atoms with E-state index >= 15 is 0 Å². The van der Waals surface area contributed by atoms with Crippen LogP contribution in [0.4, 0.5) is 23.7 Å². The highest BCUT2D eigenvalue weighted by molar-refractivity contribution is 5.97. The van der Waals surface area contributed by atoms with E-state index in [1.165, 1.54) is 12.1 Å². The van der Waals surface area contributed by atoms with Crippen LogP contribution in [0, 0.1) is 0 Å². The van der Waals surface area contributed by atoms with Crippen LogP contribution in [0.15, 0.2) is 58.4 Å². The zero-order chi connectivity index (χ0) is 25.9.